The van der Waals surface area contributed by atoms with Gasteiger partial charge in [0.2, 0.25) is 0 Å². The molecule has 110 valence electrons. The van der Waals surface area contributed by atoms with Crippen LogP contribution in [0.4, 0.5) is 0 Å². The molecule has 0 saturated heterocycles. The van der Waals surface area contributed by atoms with Crippen molar-refractivity contribution in [3.63, 3.8) is 0 Å². The average Bonchev–Trinajstić information content (AvgIpc) is 2.50. The molecule has 20 heavy (non-hydrogen) atoms. The maximum atomic E-state index is 11.4. The van der Waals surface area contributed by atoms with E-state index in [1.165, 1.54) is 0 Å². The Bertz CT molecular complexity index is 453. The van der Waals surface area contributed by atoms with Crippen LogP contribution in [0.3, 0.4) is 0 Å². The molecule has 0 aromatic heterocycles. The zero-order chi connectivity index (χ0) is 15.0. The monoisotopic (exact) mass is 276 g/mol. The first-order valence-electron chi connectivity index (χ1n) is 6.88. The summed E-state index contributed by atoms with van der Waals surface area (Å²) in [6.45, 7) is 4.91. The van der Waals surface area contributed by atoms with Crippen LogP contribution in [0, 0.1) is 0 Å². The minimum atomic E-state index is -0.0706. The van der Waals surface area contributed by atoms with Gasteiger partial charge < -0.3 is 16.0 Å². The minimum Gasteiger partial charge on any atom is -0.355 e. The molecule has 1 atom stereocenters. The normalized spacial score (nSPS) is 12.7. The summed E-state index contributed by atoms with van der Waals surface area (Å²) in [5.74, 6) is 0.716. The van der Waals surface area contributed by atoms with E-state index < -0.39 is 0 Å². The number of nitrogens with one attached hydrogen (secondary N) is 3. The summed E-state index contributed by atoms with van der Waals surface area (Å²) in [5.41, 5.74) is 1.77. The van der Waals surface area contributed by atoms with Crippen LogP contribution in [-0.2, 0) is 6.54 Å². The molecule has 0 aliphatic rings. The maximum absolute atomic E-state index is 11.4. The molecule has 0 aliphatic heterocycles. The smallest absolute Gasteiger partial charge is 0.251 e. The third-order valence-corrected chi connectivity index (χ3v) is 3.12. The Morgan fingerprint density at radius 3 is 2.45 bits per heavy atom. The number of amides is 1. The van der Waals surface area contributed by atoms with E-state index in [0.717, 1.165) is 17.9 Å². The molecule has 0 fully saturated rings. The van der Waals surface area contributed by atoms with Crippen molar-refractivity contribution >= 4 is 11.9 Å². The van der Waals surface area contributed by atoms with Crippen molar-refractivity contribution in [2.24, 2.45) is 4.99 Å². The highest BCUT2D eigenvalue weighted by molar-refractivity contribution is 5.93. The van der Waals surface area contributed by atoms with Crippen LogP contribution in [0.2, 0.25) is 0 Å². The Kier molecular flexibility index (Phi) is 6.56. The molecule has 5 nitrogen and oxygen atoms in total. The zero-order valence-electron chi connectivity index (χ0n) is 12.7. The zero-order valence-corrected chi connectivity index (χ0v) is 12.7. The number of benzene rings is 1. The van der Waals surface area contributed by atoms with Crippen molar-refractivity contribution in [3.8, 4) is 0 Å². The highest BCUT2D eigenvalue weighted by atomic mass is 16.1. The predicted molar refractivity (Wildman–Crippen MR) is 82.9 cm³/mol. The number of carbonyl (C=O) groups excluding carboxylic acids is 1. The highest BCUT2D eigenvalue weighted by Gasteiger charge is 2.04. The fourth-order valence-electron chi connectivity index (χ4n) is 1.63. The van der Waals surface area contributed by atoms with Crippen LogP contribution in [0.25, 0.3) is 0 Å². The van der Waals surface area contributed by atoms with Crippen molar-refractivity contribution in [3.05, 3.63) is 35.4 Å². The summed E-state index contributed by atoms with van der Waals surface area (Å²) in [7, 11) is 3.38. The highest BCUT2D eigenvalue weighted by Crippen LogP contribution is 2.04. The number of carbonyl (C=O) groups is 1. The lowest BCUT2D eigenvalue weighted by atomic mass is 10.1. The van der Waals surface area contributed by atoms with Gasteiger partial charge in [0.15, 0.2) is 5.96 Å². The third kappa shape index (κ3) is 4.91. The Morgan fingerprint density at radius 1 is 1.30 bits per heavy atom. The van der Waals surface area contributed by atoms with Crippen LogP contribution < -0.4 is 16.0 Å². The summed E-state index contributed by atoms with van der Waals surface area (Å²) >= 11 is 0. The molecule has 3 N–H and O–H groups in total. The molecular weight excluding hydrogens is 252 g/mol. The second-order valence-electron chi connectivity index (χ2n) is 4.66. The van der Waals surface area contributed by atoms with Gasteiger partial charge in [-0.3, -0.25) is 9.79 Å². The molecule has 0 spiro atoms. The number of hydrogen-bond acceptors (Lipinski definition) is 2. The molecule has 1 amide bonds. The lowest BCUT2D eigenvalue weighted by Crippen LogP contribution is -2.41. The quantitative estimate of drug-likeness (QED) is 0.564. The van der Waals surface area contributed by atoms with Gasteiger partial charge in [-0.15, -0.1) is 0 Å². The van der Waals surface area contributed by atoms with Crippen LogP contribution in [0.5, 0.6) is 0 Å². The summed E-state index contributed by atoms with van der Waals surface area (Å²) in [4.78, 5) is 15.6. The van der Waals surface area contributed by atoms with Crippen LogP contribution in [-0.4, -0.2) is 32.0 Å². The van der Waals surface area contributed by atoms with Gasteiger partial charge in [0.05, 0.1) is 0 Å². The SMILES string of the molecule is CCC(C)NC(=NC)NCc1ccc(C(=O)NC)cc1. The molecule has 5 heteroatoms. The summed E-state index contributed by atoms with van der Waals surface area (Å²) in [5, 5.41) is 9.16. The van der Waals surface area contributed by atoms with Crippen molar-refractivity contribution in [2.45, 2.75) is 32.9 Å². The first-order valence-corrected chi connectivity index (χ1v) is 6.88. The molecule has 0 aliphatic carbocycles. The van der Waals surface area contributed by atoms with E-state index >= 15 is 0 Å². The van der Waals surface area contributed by atoms with Crippen molar-refractivity contribution in [1.29, 1.82) is 0 Å². The molecule has 0 saturated carbocycles. The van der Waals surface area contributed by atoms with Gasteiger partial charge in [0, 0.05) is 32.2 Å². The summed E-state index contributed by atoms with van der Waals surface area (Å²) in [6.07, 6.45) is 1.04. The van der Waals surface area contributed by atoms with Gasteiger partial charge in [-0.2, -0.15) is 0 Å². The number of aliphatic imine (C=N–C) groups is 1. The van der Waals surface area contributed by atoms with Crippen LogP contribution in [0.15, 0.2) is 29.3 Å². The second-order valence-corrected chi connectivity index (χ2v) is 4.66. The van der Waals surface area contributed by atoms with E-state index in [-0.39, 0.29) is 5.91 Å². The lowest BCUT2D eigenvalue weighted by molar-refractivity contribution is 0.0963. The molecule has 1 aromatic rings. The maximum Gasteiger partial charge on any atom is 0.251 e. The average molecular weight is 276 g/mol. The Balaban J connectivity index is 2.54. The standard InChI is InChI=1S/C15H24N4O/c1-5-11(2)19-15(17-4)18-10-12-6-8-13(9-7-12)14(20)16-3/h6-9,11H,5,10H2,1-4H3,(H,16,20)(H2,17,18,19). The van der Waals surface area contributed by atoms with E-state index in [1.54, 1.807) is 14.1 Å². The molecule has 0 radical (unpaired) electrons. The van der Waals surface area contributed by atoms with Gasteiger partial charge in [-0.05, 0) is 31.0 Å². The van der Waals surface area contributed by atoms with E-state index in [1.807, 2.05) is 24.3 Å². The number of guanidine groups is 1. The summed E-state index contributed by atoms with van der Waals surface area (Å²) < 4.78 is 0. The number of rotatable bonds is 5. The molecule has 1 unspecified atom stereocenters. The van der Waals surface area contributed by atoms with Crippen LogP contribution >= 0.6 is 0 Å². The topological polar surface area (TPSA) is 65.5 Å². The van der Waals surface area contributed by atoms with Crippen molar-refractivity contribution in [2.75, 3.05) is 14.1 Å². The number of hydrogen-bond donors (Lipinski definition) is 3. The number of nitrogens with zero attached hydrogens (tertiary/aromatic N) is 1. The Hall–Kier alpha value is -2.04. The molecule has 0 heterocycles. The third-order valence-electron chi connectivity index (χ3n) is 3.12. The van der Waals surface area contributed by atoms with Gasteiger partial charge in [-0.25, -0.2) is 0 Å². The van der Waals surface area contributed by atoms with E-state index in [4.69, 9.17) is 0 Å². The minimum absolute atomic E-state index is 0.0706. The largest absolute Gasteiger partial charge is 0.355 e. The molecule has 0 bridgehead atoms. The molecule has 1 rings (SSSR count). The first-order chi connectivity index (χ1) is 9.60. The van der Waals surface area contributed by atoms with Gasteiger partial charge in [0.1, 0.15) is 0 Å². The molecular formula is C15H24N4O. The second kappa shape index (κ2) is 8.19. The lowest BCUT2D eigenvalue weighted by Gasteiger charge is -2.16. The van der Waals surface area contributed by atoms with E-state index in [0.29, 0.717) is 18.2 Å². The molecule has 1 aromatic carbocycles. The predicted octanol–water partition coefficient (Wildman–Crippen LogP) is 1.51. The van der Waals surface area contributed by atoms with Gasteiger partial charge in [0.25, 0.3) is 5.91 Å². The Morgan fingerprint density at radius 2 is 1.95 bits per heavy atom. The first kappa shape index (κ1) is 16.0. The fourth-order valence-corrected chi connectivity index (χ4v) is 1.63. The Labute approximate surface area is 120 Å². The van der Waals surface area contributed by atoms with Crippen molar-refractivity contribution < 1.29 is 4.79 Å². The summed E-state index contributed by atoms with van der Waals surface area (Å²) in [6, 6.07) is 7.90. The van der Waals surface area contributed by atoms with Gasteiger partial charge in [-0.1, -0.05) is 19.1 Å². The van der Waals surface area contributed by atoms with Crippen LogP contribution in [0.1, 0.15) is 36.2 Å². The fraction of sp³-hybridized carbons (Fsp3) is 0.467. The van der Waals surface area contributed by atoms with E-state index in [9.17, 15) is 4.79 Å². The van der Waals surface area contributed by atoms with Gasteiger partial charge >= 0.3 is 0 Å². The van der Waals surface area contributed by atoms with Crippen molar-refractivity contribution in [1.82, 2.24) is 16.0 Å². The van der Waals surface area contributed by atoms with E-state index in [2.05, 4.69) is 34.8 Å².